The summed E-state index contributed by atoms with van der Waals surface area (Å²) in [5, 5.41) is 11.1. The fourth-order valence-corrected chi connectivity index (χ4v) is 5.09. The van der Waals surface area contributed by atoms with Crippen LogP contribution in [0.25, 0.3) is 0 Å². The van der Waals surface area contributed by atoms with E-state index in [0.717, 1.165) is 12.8 Å². The SMILES string of the molecule is CC(C)([Se]c1ccccc1)C(C)(O)C1=CCCCC1. The molecule has 0 radical (unpaired) electrons. The Labute approximate surface area is 123 Å². The molecule has 1 atom stereocenters. The molecule has 0 amide bonds. The molecule has 0 aliphatic heterocycles. The molecule has 104 valence electrons. The van der Waals surface area contributed by atoms with Gasteiger partial charge in [-0.3, -0.25) is 0 Å². The molecule has 1 aromatic rings. The summed E-state index contributed by atoms with van der Waals surface area (Å²) in [4.78, 5) is 0. The molecule has 2 rings (SSSR count). The molecule has 0 saturated heterocycles. The van der Waals surface area contributed by atoms with Gasteiger partial charge in [0.15, 0.2) is 0 Å². The first-order valence-corrected chi connectivity index (χ1v) is 8.81. The van der Waals surface area contributed by atoms with Crippen LogP contribution in [0.1, 0.15) is 46.5 Å². The molecule has 1 aromatic carbocycles. The van der Waals surface area contributed by atoms with E-state index in [0.29, 0.717) is 0 Å². The summed E-state index contributed by atoms with van der Waals surface area (Å²) < 4.78 is 1.27. The summed E-state index contributed by atoms with van der Waals surface area (Å²) in [6, 6.07) is 10.6. The zero-order valence-electron chi connectivity index (χ0n) is 12.1. The fourth-order valence-electron chi connectivity index (χ4n) is 2.55. The third-order valence-corrected chi connectivity index (χ3v) is 7.17. The summed E-state index contributed by atoms with van der Waals surface area (Å²) in [5.74, 6) is 0. The summed E-state index contributed by atoms with van der Waals surface area (Å²) in [7, 11) is 0. The van der Waals surface area contributed by atoms with Gasteiger partial charge in [-0.1, -0.05) is 0 Å². The Morgan fingerprint density at radius 1 is 1.05 bits per heavy atom. The second kappa shape index (κ2) is 5.83. The molecule has 0 fully saturated rings. The third-order valence-electron chi connectivity index (χ3n) is 4.20. The molecular formula is C17H24OSe. The van der Waals surface area contributed by atoms with Gasteiger partial charge in [0.2, 0.25) is 0 Å². The van der Waals surface area contributed by atoms with Crippen molar-refractivity contribution >= 4 is 19.4 Å². The van der Waals surface area contributed by atoms with Crippen LogP contribution in [0, 0.1) is 0 Å². The van der Waals surface area contributed by atoms with Gasteiger partial charge in [0, 0.05) is 0 Å². The van der Waals surface area contributed by atoms with Crippen molar-refractivity contribution < 1.29 is 5.11 Å². The van der Waals surface area contributed by atoms with Crippen LogP contribution in [0.5, 0.6) is 0 Å². The van der Waals surface area contributed by atoms with Gasteiger partial charge in [-0.05, 0) is 0 Å². The Balaban J connectivity index is 2.19. The Morgan fingerprint density at radius 3 is 2.32 bits per heavy atom. The summed E-state index contributed by atoms with van der Waals surface area (Å²) in [6.45, 7) is 6.42. The molecule has 1 N–H and O–H groups in total. The molecule has 0 bridgehead atoms. The molecule has 2 heteroatoms. The molecule has 0 aromatic heterocycles. The standard InChI is InChI=1S/C17H24OSe/c1-16(2,19-15-12-8-5-9-13-15)17(3,18)14-10-6-4-7-11-14/h5,8-10,12-13,18H,4,6-7,11H2,1-3H3. The van der Waals surface area contributed by atoms with Gasteiger partial charge in [-0.25, -0.2) is 0 Å². The van der Waals surface area contributed by atoms with Crippen molar-refractivity contribution in [3.05, 3.63) is 42.0 Å². The number of allylic oxidation sites excluding steroid dienone is 1. The summed E-state index contributed by atoms with van der Waals surface area (Å²) >= 11 is 0.260. The Kier molecular flexibility index (Phi) is 4.55. The molecule has 0 spiro atoms. The Hall–Kier alpha value is -0.561. The number of hydrogen-bond acceptors (Lipinski definition) is 1. The van der Waals surface area contributed by atoms with Crippen LogP contribution < -0.4 is 4.46 Å². The van der Waals surface area contributed by atoms with E-state index in [1.54, 1.807) is 0 Å². The zero-order valence-corrected chi connectivity index (χ0v) is 13.9. The van der Waals surface area contributed by atoms with Gasteiger partial charge in [0.05, 0.1) is 0 Å². The molecule has 1 aliphatic rings. The van der Waals surface area contributed by atoms with Gasteiger partial charge in [0.25, 0.3) is 0 Å². The average Bonchev–Trinajstić information content (AvgIpc) is 2.40. The first-order chi connectivity index (χ1) is 8.93. The molecular weight excluding hydrogens is 299 g/mol. The van der Waals surface area contributed by atoms with Crippen molar-refractivity contribution in [2.45, 2.75) is 56.4 Å². The van der Waals surface area contributed by atoms with Crippen LogP contribution in [0.2, 0.25) is 4.31 Å². The molecule has 0 heterocycles. The predicted octanol–water partition coefficient (Wildman–Crippen LogP) is 3.47. The van der Waals surface area contributed by atoms with E-state index in [9.17, 15) is 5.11 Å². The predicted molar refractivity (Wildman–Crippen MR) is 83.0 cm³/mol. The number of hydrogen-bond donors (Lipinski definition) is 1. The topological polar surface area (TPSA) is 20.2 Å². The van der Waals surface area contributed by atoms with Crippen LogP contribution in [-0.2, 0) is 0 Å². The molecule has 19 heavy (non-hydrogen) atoms. The van der Waals surface area contributed by atoms with Gasteiger partial charge < -0.3 is 0 Å². The van der Waals surface area contributed by atoms with Crippen LogP contribution in [0.3, 0.4) is 0 Å². The van der Waals surface area contributed by atoms with Crippen molar-refractivity contribution in [1.82, 2.24) is 0 Å². The van der Waals surface area contributed by atoms with Crippen molar-refractivity contribution in [3.8, 4) is 0 Å². The van der Waals surface area contributed by atoms with E-state index < -0.39 is 5.60 Å². The number of rotatable bonds is 4. The van der Waals surface area contributed by atoms with Gasteiger partial charge in [-0.15, -0.1) is 0 Å². The van der Waals surface area contributed by atoms with E-state index in [2.05, 4.69) is 44.2 Å². The van der Waals surface area contributed by atoms with Crippen LogP contribution >= 0.6 is 0 Å². The van der Waals surface area contributed by atoms with E-state index in [1.807, 2.05) is 13.0 Å². The molecule has 1 nitrogen and oxygen atoms in total. The van der Waals surface area contributed by atoms with E-state index in [4.69, 9.17) is 0 Å². The summed E-state index contributed by atoms with van der Waals surface area (Å²) in [5.41, 5.74) is 0.560. The fraction of sp³-hybridized carbons (Fsp3) is 0.529. The summed E-state index contributed by atoms with van der Waals surface area (Å²) in [6.07, 6.45) is 6.94. The van der Waals surface area contributed by atoms with Crippen LogP contribution in [0.15, 0.2) is 42.0 Å². The van der Waals surface area contributed by atoms with Crippen molar-refractivity contribution in [1.29, 1.82) is 0 Å². The monoisotopic (exact) mass is 324 g/mol. The minimum absolute atomic E-state index is 0.0927. The maximum atomic E-state index is 11.1. The van der Waals surface area contributed by atoms with Gasteiger partial charge >= 0.3 is 123 Å². The van der Waals surface area contributed by atoms with Crippen molar-refractivity contribution in [2.75, 3.05) is 0 Å². The van der Waals surface area contributed by atoms with Crippen molar-refractivity contribution in [3.63, 3.8) is 0 Å². The average molecular weight is 323 g/mol. The van der Waals surface area contributed by atoms with Gasteiger partial charge in [-0.2, -0.15) is 0 Å². The first-order valence-electron chi connectivity index (χ1n) is 7.09. The third kappa shape index (κ3) is 3.31. The molecule has 0 saturated carbocycles. The normalized spacial score (nSPS) is 19.7. The van der Waals surface area contributed by atoms with E-state index in [-0.39, 0.29) is 19.3 Å². The second-order valence-corrected chi connectivity index (χ2v) is 9.53. The van der Waals surface area contributed by atoms with Crippen LogP contribution in [0.4, 0.5) is 0 Å². The quantitative estimate of drug-likeness (QED) is 0.664. The van der Waals surface area contributed by atoms with Crippen LogP contribution in [-0.4, -0.2) is 25.7 Å². The zero-order chi connectivity index (χ0) is 13.9. The maximum absolute atomic E-state index is 11.1. The second-order valence-electron chi connectivity index (χ2n) is 5.97. The Bertz CT molecular complexity index is 446. The van der Waals surface area contributed by atoms with Crippen molar-refractivity contribution in [2.24, 2.45) is 0 Å². The number of aliphatic hydroxyl groups is 1. The van der Waals surface area contributed by atoms with Gasteiger partial charge in [0.1, 0.15) is 0 Å². The van der Waals surface area contributed by atoms with E-state index in [1.165, 1.54) is 22.9 Å². The molecule has 1 unspecified atom stereocenters. The minimum atomic E-state index is -0.691. The Morgan fingerprint density at radius 2 is 1.74 bits per heavy atom. The molecule has 1 aliphatic carbocycles. The first kappa shape index (κ1) is 14.8. The van der Waals surface area contributed by atoms with E-state index >= 15 is 0 Å². The number of benzene rings is 1.